The molecule has 0 amide bonds. The van der Waals surface area contributed by atoms with Crippen molar-refractivity contribution in [1.29, 1.82) is 0 Å². The highest BCUT2D eigenvalue weighted by molar-refractivity contribution is 7.46. The molecule has 0 aromatic heterocycles. The monoisotopic (exact) mass is 281 g/mol. The van der Waals surface area contributed by atoms with Gasteiger partial charge in [0.1, 0.15) is 0 Å². The van der Waals surface area contributed by atoms with Gasteiger partial charge in [-0.25, -0.2) is 4.57 Å². The summed E-state index contributed by atoms with van der Waals surface area (Å²) in [5.41, 5.74) is 4.85. The zero-order valence-electron chi connectivity index (χ0n) is 11.6. The summed E-state index contributed by atoms with van der Waals surface area (Å²) >= 11 is 0. The minimum atomic E-state index is -4.48. The van der Waals surface area contributed by atoms with Crippen LogP contribution in [-0.4, -0.2) is 21.9 Å². The van der Waals surface area contributed by atoms with E-state index >= 15 is 0 Å². The highest BCUT2D eigenvalue weighted by atomic mass is 31.2. The smallest absolute Gasteiger partial charge is 0.328 e. The Balaban J connectivity index is 4.55. The fourth-order valence-corrected chi connectivity index (χ4v) is 2.87. The van der Waals surface area contributed by atoms with Gasteiger partial charge in [-0.3, -0.25) is 4.52 Å². The highest BCUT2D eigenvalue weighted by Crippen LogP contribution is 2.44. The van der Waals surface area contributed by atoms with E-state index < -0.39 is 13.4 Å². The fourth-order valence-electron chi connectivity index (χ4n) is 2.10. The number of phosphoric ester groups is 1. The number of phosphoric acid groups is 1. The van der Waals surface area contributed by atoms with Crippen LogP contribution < -0.4 is 5.73 Å². The van der Waals surface area contributed by atoms with Crippen LogP contribution in [0.25, 0.3) is 0 Å². The van der Waals surface area contributed by atoms with Crippen LogP contribution in [0.15, 0.2) is 0 Å². The second kappa shape index (κ2) is 9.05. The third-order valence-corrected chi connectivity index (χ3v) is 3.78. The number of hydrogen-bond acceptors (Lipinski definition) is 3. The van der Waals surface area contributed by atoms with Gasteiger partial charge in [0.2, 0.25) is 0 Å². The molecule has 0 aliphatic carbocycles. The van der Waals surface area contributed by atoms with Crippen molar-refractivity contribution < 1.29 is 18.9 Å². The molecule has 0 aromatic carbocycles. The first-order valence-electron chi connectivity index (χ1n) is 6.85. The van der Waals surface area contributed by atoms with Crippen molar-refractivity contribution in [2.75, 3.05) is 6.54 Å². The summed E-state index contributed by atoms with van der Waals surface area (Å²) in [6.07, 6.45) is 7.19. The summed E-state index contributed by atoms with van der Waals surface area (Å²) in [6, 6.07) is 0. The average molecular weight is 281 g/mol. The minimum Gasteiger partial charge on any atom is -0.328 e. The lowest BCUT2D eigenvalue weighted by atomic mass is 9.90. The normalized spacial score (nSPS) is 12.9. The van der Waals surface area contributed by atoms with Gasteiger partial charge in [0.15, 0.2) is 0 Å². The molecule has 0 fully saturated rings. The topological polar surface area (TPSA) is 92.8 Å². The van der Waals surface area contributed by atoms with E-state index in [0.717, 1.165) is 38.5 Å². The van der Waals surface area contributed by atoms with Gasteiger partial charge in [-0.1, -0.05) is 52.4 Å². The molecule has 0 atom stereocenters. The van der Waals surface area contributed by atoms with Crippen molar-refractivity contribution in [2.24, 2.45) is 5.73 Å². The summed E-state index contributed by atoms with van der Waals surface area (Å²) < 4.78 is 16.1. The molecule has 6 heteroatoms. The molecule has 110 valence electrons. The predicted molar refractivity (Wildman–Crippen MR) is 73.2 cm³/mol. The number of hydrogen-bond donors (Lipinski definition) is 3. The molecule has 5 nitrogen and oxygen atoms in total. The first-order chi connectivity index (χ1) is 8.39. The van der Waals surface area contributed by atoms with Gasteiger partial charge in [-0.05, 0) is 12.8 Å². The van der Waals surface area contributed by atoms with E-state index in [1.165, 1.54) is 0 Å². The first-order valence-corrected chi connectivity index (χ1v) is 8.38. The van der Waals surface area contributed by atoms with Gasteiger partial charge in [0.05, 0.1) is 5.60 Å². The van der Waals surface area contributed by atoms with Crippen LogP contribution in [0.5, 0.6) is 0 Å². The third-order valence-electron chi connectivity index (χ3n) is 3.16. The molecule has 18 heavy (non-hydrogen) atoms. The van der Waals surface area contributed by atoms with Gasteiger partial charge >= 0.3 is 7.82 Å². The molecule has 0 bridgehead atoms. The molecule has 4 N–H and O–H groups in total. The Morgan fingerprint density at radius 2 is 1.50 bits per heavy atom. The molecule has 0 aromatic rings. The van der Waals surface area contributed by atoms with E-state index in [2.05, 4.69) is 13.8 Å². The maximum absolute atomic E-state index is 11.1. The molecular formula is C12H28NO4P. The van der Waals surface area contributed by atoms with Crippen LogP contribution in [0.4, 0.5) is 0 Å². The lowest BCUT2D eigenvalue weighted by Gasteiger charge is -2.32. The zero-order chi connectivity index (χ0) is 14.1. The second-order valence-corrected chi connectivity index (χ2v) is 6.05. The van der Waals surface area contributed by atoms with Gasteiger partial charge < -0.3 is 15.5 Å². The Morgan fingerprint density at radius 3 is 1.78 bits per heavy atom. The van der Waals surface area contributed by atoms with Gasteiger partial charge in [0.25, 0.3) is 0 Å². The highest BCUT2D eigenvalue weighted by Gasteiger charge is 2.35. The van der Waals surface area contributed by atoms with E-state index in [9.17, 15) is 4.57 Å². The molecule has 0 radical (unpaired) electrons. The molecule has 0 unspecified atom stereocenters. The van der Waals surface area contributed by atoms with Crippen LogP contribution in [0.1, 0.15) is 65.2 Å². The van der Waals surface area contributed by atoms with Gasteiger partial charge in [-0.2, -0.15) is 0 Å². The fraction of sp³-hybridized carbons (Fsp3) is 1.00. The molecule has 0 rings (SSSR count). The quantitative estimate of drug-likeness (QED) is 0.400. The standard InChI is InChI=1S/C12H28NO4P/c1-3-5-7-9-12(11-13,10-8-6-4-2)17-18(14,15)16/h3-11,13H2,1-2H3,(H2,14,15,16). The van der Waals surface area contributed by atoms with Gasteiger partial charge in [-0.15, -0.1) is 0 Å². The molecule has 0 aliphatic heterocycles. The van der Waals surface area contributed by atoms with E-state index in [1.54, 1.807) is 0 Å². The van der Waals surface area contributed by atoms with Crippen LogP contribution in [-0.2, 0) is 9.09 Å². The largest absolute Gasteiger partial charge is 0.470 e. The van der Waals surface area contributed by atoms with E-state index in [4.69, 9.17) is 20.0 Å². The van der Waals surface area contributed by atoms with Gasteiger partial charge in [0, 0.05) is 6.54 Å². The Kier molecular flexibility index (Phi) is 9.09. The molecule has 0 saturated heterocycles. The van der Waals surface area contributed by atoms with E-state index in [1.807, 2.05) is 0 Å². The van der Waals surface area contributed by atoms with E-state index in [0.29, 0.717) is 12.8 Å². The SMILES string of the molecule is CCCCCC(CN)(CCCCC)OP(=O)(O)O. The maximum atomic E-state index is 11.1. The summed E-state index contributed by atoms with van der Waals surface area (Å²) in [4.78, 5) is 18.1. The molecule has 0 spiro atoms. The molecular weight excluding hydrogens is 253 g/mol. The Hall–Kier alpha value is 0.0700. The summed E-state index contributed by atoms with van der Waals surface area (Å²) in [5.74, 6) is 0. The summed E-state index contributed by atoms with van der Waals surface area (Å²) in [5, 5.41) is 0. The average Bonchev–Trinajstić information content (AvgIpc) is 2.27. The Bertz CT molecular complexity index is 244. The van der Waals surface area contributed by atoms with Crippen molar-refractivity contribution in [3.8, 4) is 0 Å². The van der Waals surface area contributed by atoms with Crippen molar-refractivity contribution in [2.45, 2.75) is 70.8 Å². The van der Waals surface area contributed by atoms with Crippen molar-refractivity contribution in [3.63, 3.8) is 0 Å². The first kappa shape index (κ1) is 18.1. The predicted octanol–water partition coefficient (Wildman–Crippen LogP) is 2.95. The summed E-state index contributed by atoms with van der Waals surface area (Å²) in [6.45, 7) is 4.33. The lowest BCUT2D eigenvalue weighted by molar-refractivity contribution is 0.0220. The number of rotatable bonds is 11. The Labute approximate surface area is 110 Å². The van der Waals surface area contributed by atoms with Crippen LogP contribution in [0, 0.1) is 0 Å². The molecule has 0 aliphatic rings. The van der Waals surface area contributed by atoms with Crippen molar-refractivity contribution >= 4 is 7.82 Å². The van der Waals surface area contributed by atoms with Crippen LogP contribution in [0.2, 0.25) is 0 Å². The number of unbranched alkanes of at least 4 members (excludes halogenated alkanes) is 4. The van der Waals surface area contributed by atoms with Crippen LogP contribution >= 0.6 is 7.82 Å². The molecule has 0 heterocycles. The van der Waals surface area contributed by atoms with Crippen molar-refractivity contribution in [3.05, 3.63) is 0 Å². The lowest BCUT2D eigenvalue weighted by Crippen LogP contribution is -2.40. The zero-order valence-corrected chi connectivity index (χ0v) is 12.5. The summed E-state index contributed by atoms with van der Waals surface area (Å²) in [7, 11) is -4.48. The van der Waals surface area contributed by atoms with Crippen molar-refractivity contribution in [1.82, 2.24) is 0 Å². The number of nitrogens with two attached hydrogens (primary N) is 1. The second-order valence-electron chi connectivity index (χ2n) is 4.88. The maximum Gasteiger partial charge on any atom is 0.470 e. The third kappa shape index (κ3) is 8.22. The van der Waals surface area contributed by atoms with Crippen LogP contribution in [0.3, 0.4) is 0 Å². The molecule has 0 saturated carbocycles. The Morgan fingerprint density at radius 1 is 1.06 bits per heavy atom. The van der Waals surface area contributed by atoms with E-state index in [-0.39, 0.29) is 6.54 Å². The minimum absolute atomic E-state index is 0.158.